The van der Waals surface area contributed by atoms with Crippen molar-refractivity contribution in [1.82, 2.24) is 4.98 Å². The van der Waals surface area contributed by atoms with Gasteiger partial charge in [-0.3, -0.25) is 0 Å². The van der Waals surface area contributed by atoms with Crippen molar-refractivity contribution in [2.75, 3.05) is 11.1 Å². The molecule has 0 aliphatic heterocycles. The van der Waals surface area contributed by atoms with E-state index in [1.165, 1.54) is 5.56 Å². The number of nitrogens with one attached hydrogen (secondary N) is 1. The van der Waals surface area contributed by atoms with Crippen LogP contribution in [-0.4, -0.2) is 4.98 Å². The van der Waals surface area contributed by atoms with Gasteiger partial charge in [0.25, 0.3) is 0 Å². The van der Waals surface area contributed by atoms with Crippen LogP contribution < -0.4 is 11.1 Å². The van der Waals surface area contributed by atoms with Crippen molar-refractivity contribution < 1.29 is 0 Å². The van der Waals surface area contributed by atoms with Gasteiger partial charge in [0, 0.05) is 5.69 Å². The lowest BCUT2D eigenvalue weighted by Gasteiger charge is -2.06. The summed E-state index contributed by atoms with van der Waals surface area (Å²) in [7, 11) is 0. The van der Waals surface area contributed by atoms with Gasteiger partial charge in [-0.25, -0.2) is 4.98 Å². The van der Waals surface area contributed by atoms with Gasteiger partial charge in [0.1, 0.15) is 11.9 Å². The molecule has 0 aliphatic rings. The molecule has 4 nitrogen and oxygen atoms in total. The molecule has 0 bridgehead atoms. The molecule has 0 spiro atoms. The Morgan fingerprint density at radius 3 is 2.53 bits per heavy atom. The van der Waals surface area contributed by atoms with Crippen LogP contribution in [0.3, 0.4) is 0 Å². The molecule has 1 aromatic carbocycles. The number of pyridine rings is 1. The molecule has 1 heterocycles. The summed E-state index contributed by atoms with van der Waals surface area (Å²) < 4.78 is 0. The van der Waals surface area contributed by atoms with Crippen LogP contribution in [0.25, 0.3) is 0 Å². The summed E-state index contributed by atoms with van der Waals surface area (Å²) in [5.74, 6) is 0.611. The molecule has 2 aromatic rings. The minimum atomic E-state index is 0.238. The van der Waals surface area contributed by atoms with E-state index in [1.807, 2.05) is 37.3 Å². The van der Waals surface area contributed by atoms with E-state index in [1.54, 1.807) is 12.1 Å². The molecule has 0 aliphatic carbocycles. The Labute approximate surface area is 99.7 Å². The number of rotatable bonds is 2. The number of nitrogens with zero attached hydrogens (tertiary/aromatic N) is 2. The van der Waals surface area contributed by atoms with Crippen LogP contribution in [0.2, 0.25) is 0 Å². The highest BCUT2D eigenvalue weighted by Gasteiger charge is 2.02. The third-order valence-electron chi connectivity index (χ3n) is 2.36. The highest BCUT2D eigenvalue weighted by atomic mass is 15.0. The number of aromatic nitrogens is 1. The van der Waals surface area contributed by atoms with E-state index in [0.29, 0.717) is 11.5 Å². The quantitative estimate of drug-likeness (QED) is 0.822. The molecule has 0 radical (unpaired) electrons. The van der Waals surface area contributed by atoms with Gasteiger partial charge in [0.2, 0.25) is 0 Å². The average Bonchev–Trinajstić information content (AvgIpc) is 2.34. The van der Waals surface area contributed by atoms with E-state index in [0.717, 1.165) is 5.69 Å². The lowest BCUT2D eigenvalue weighted by Crippen LogP contribution is -1.98. The van der Waals surface area contributed by atoms with Crippen LogP contribution in [0.5, 0.6) is 0 Å². The Balaban J connectivity index is 2.25. The van der Waals surface area contributed by atoms with Gasteiger partial charge < -0.3 is 11.1 Å². The van der Waals surface area contributed by atoms with Crippen molar-refractivity contribution >= 4 is 17.2 Å². The Morgan fingerprint density at radius 1 is 1.18 bits per heavy atom. The molecule has 17 heavy (non-hydrogen) atoms. The highest BCUT2D eigenvalue weighted by molar-refractivity contribution is 5.61. The second-order valence-electron chi connectivity index (χ2n) is 3.74. The maximum absolute atomic E-state index is 8.83. The third-order valence-corrected chi connectivity index (χ3v) is 2.36. The molecule has 0 unspecified atom stereocenters. The second kappa shape index (κ2) is 4.54. The molecular weight excluding hydrogens is 212 g/mol. The molecule has 0 atom stereocenters. The highest BCUT2D eigenvalue weighted by Crippen LogP contribution is 2.17. The maximum Gasteiger partial charge on any atom is 0.165 e. The first-order valence-electron chi connectivity index (χ1n) is 5.19. The van der Waals surface area contributed by atoms with Gasteiger partial charge >= 0.3 is 0 Å². The lowest BCUT2D eigenvalue weighted by molar-refractivity contribution is 1.26. The zero-order valence-corrected chi connectivity index (χ0v) is 9.44. The molecular formula is C13H12N4. The van der Waals surface area contributed by atoms with Gasteiger partial charge in [-0.15, -0.1) is 0 Å². The molecule has 4 heteroatoms. The van der Waals surface area contributed by atoms with E-state index in [4.69, 9.17) is 11.0 Å². The largest absolute Gasteiger partial charge is 0.396 e. The maximum atomic E-state index is 8.83. The zero-order valence-electron chi connectivity index (χ0n) is 9.44. The fourth-order valence-corrected chi connectivity index (χ4v) is 1.41. The van der Waals surface area contributed by atoms with Crippen molar-refractivity contribution in [3.05, 3.63) is 47.7 Å². The number of anilines is 3. The fraction of sp³-hybridized carbons (Fsp3) is 0.0769. The monoisotopic (exact) mass is 224 g/mol. The Hall–Kier alpha value is -2.54. The topological polar surface area (TPSA) is 74.7 Å². The van der Waals surface area contributed by atoms with E-state index < -0.39 is 0 Å². The van der Waals surface area contributed by atoms with Gasteiger partial charge in [-0.1, -0.05) is 17.7 Å². The smallest absolute Gasteiger partial charge is 0.165 e. The van der Waals surface area contributed by atoms with Crippen molar-refractivity contribution in [1.29, 1.82) is 5.26 Å². The summed E-state index contributed by atoms with van der Waals surface area (Å²) in [6, 6.07) is 13.3. The zero-order chi connectivity index (χ0) is 12.3. The minimum Gasteiger partial charge on any atom is -0.396 e. The number of hydrogen-bond donors (Lipinski definition) is 2. The lowest BCUT2D eigenvalue weighted by atomic mass is 10.2. The number of nitrogens with two attached hydrogens (primary N) is 1. The second-order valence-corrected chi connectivity index (χ2v) is 3.74. The third kappa shape index (κ3) is 2.52. The minimum absolute atomic E-state index is 0.238. The van der Waals surface area contributed by atoms with Crippen LogP contribution in [0.15, 0.2) is 36.4 Å². The van der Waals surface area contributed by atoms with Crippen molar-refractivity contribution in [3.63, 3.8) is 0 Å². The normalized spacial score (nSPS) is 9.65. The molecule has 84 valence electrons. The Kier molecular flexibility index (Phi) is 2.93. The SMILES string of the molecule is Cc1ccc(Nc2ccc(N)c(C#N)n2)cc1. The Morgan fingerprint density at radius 2 is 1.88 bits per heavy atom. The number of nitrogen functional groups attached to an aromatic ring is 1. The van der Waals surface area contributed by atoms with E-state index >= 15 is 0 Å². The van der Waals surface area contributed by atoms with Gasteiger partial charge in [-0.05, 0) is 31.2 Å². The molecule has 0 saturated heterocycles. The molecule has 0 fully saturated rings. The predicted molar refractivity (Wildman–Crippen MR) is 67.8 cm³/mol. The van der Waals surface area contributed by atoms with Gasteiger partial charge in [0.15, 0.2) is 5.69 Å². The van der Waals surface area contributed by atoms with Crippen LogP contribution in [-0.2, 0) is 0 Å². The summed E-state index contributed by atoms with van der Waals surface area (Å²) in [4.78, 5) is 4.11. The molecule has 2 rings (SSSR count). The summed E-state index contributed by atoms with van der Waals surface area (Å²) in [5.41, 5.74) is 8.35. The summed E-state index contributed by atoms with van der Waals surface area (Å²) >= 11 is 0. The van der Waals surface area contributed by atoms with E-state index in [9.17, 15) is 0 Å². The number of hydrogen-bond acceptors (Lipinski definition) is 4. The van der Waals surface area contributed by atoms with Crippen molar-refractivity contribution in [3.8, 4) is 6.07 Å². The first-order valence-corrected chi connectivity index (χ1v) is 5.19. The molecule has 3 N–H and O–H groups in total. The van der Waals surface area contributed by atoms with Crippen molar-refractivity contribution in [2.45, 2.75) is 6.92 Å². The summed E-state index contributed by atoms with van der Waals surface area (Å²) in [6.07, 6.45) is 0. The van der Waals surface area contributed by atoms with Crippen molar-refractivity contribution in [2.24, 2.45) is 0 Å². The van der Waals surface area contributed by atoms with Gasteiger partial charge in [0.05, 0.1) is 5.69 Å². The van der Waals surface area contributed by atoms with Crippen LogP contribution in [0.4, 0.5) is 17.2 Å². The number of nitriles is 1. The van der Waals surface area contributed by atoms with Crippen LogP contribution in [0.1, 0.15) is 11.3 Å². The first-order chi connectivity index (χ1) is 8.19. The summed E-state index contributed by atoms with van der Waals surface area (Å²) in [6.45, 7) is 2.03. The molecule has 1 aromatic heterocycles. The average molecular weight is 224 g/mol. The molecule has 0 amide bonds. The predicted octanol–water partition coefficient (Wildman–Crippen LogP) is 2.59. The first kappa shape index (κ1) is 11.0. The number of benzene rings is 1. The van der Waals surface area contributed by atoms with Crippen LogP contribution >= 0.6 is 0 Å². The molecule has 0 saturated carbocycles. The van der Waals surface area contributed by atoms with E-state index in [2.05, 4.69) is 10.3 Å². The Bertz CT molecular complexity index is 567. The fourth-order valence-electron chi connectivity index (χ4n) is 1.41. The standard InChI is InChI=1S/C13H12N4/c1-9-2-4-10(5-3-9)16-13-7-6-11(15)12(8-14)17-13/h2-7H,15H2,1H3,(H,16,17). The van der Waals surface area contributed by atoms with E-state index in [-0.39, 0.29) is 5.69 Å². The number of aryl methyl sites for hydroxylation is 1. The van der Waals surface area contributed by atoms with Crippen LogP contribution in [0, 0.1) is 18.3 Å². The van der Waals surface area contributed by atoms with Gasteiger partial charge in [-0.2, -0.15) is 5.26 Å². The summed E-state index contributed by atoms with van der Waals surface area (Å²) in [5, 5.41) is 11.9.